The maximum atomic E-state index is 11.4. The first kappa shape index (κ1) is 11.2. The molecule has 3 nitrogen and oxygen atoms in total. The second kappa shape index (κ2) is 4.57. The fourth-order valence-corrected chi connectivity index (χ4v) is 1.66. The van der Waals surface area contributed by atoms with E-state index in [1.54, 1.807) is 11.3 Å². The van der Waals surface area contributed by atoms with Gasteiger partial charge in [0.15, 0.2) is 0 Å². The van der Waals surface area contributed by atoms with Gasteiger partial charge in [-0.15, -0.1) is 11.3 Å². The van der Waals surface area contributed by atoms with Crippen molar-refractivity contribution in [2.45, 2.75) is 25.8 Å². The first-order chi connectivity index (χ1) is 6.47. The molecule has 0 unspecified atom stereocenters. The Kier molecular flexibility index (Phi) is 3.66. The van der Waals surface area contributed by atoms with Crippen LogP contribution >= 0.6 is 11.3 Å². The smallest absolute Gasteiger partial charge is 0.225 e. The van der Waals surface area contributed by atoms with E-state index < -0.39 is 0 Å². The Morgan fingerprint density at radius 2 is 2.36 bits per heavy atom. The molecule has 1 amide bonds. The van der Waals surface area contributed by atoms with Crippen LogP contribution in [-0.2, 0) is 11.2 Å². The lowest BCUT2D eigenvalue weighted by atomic mass is 10.1. The lowest BCUT2D eigenvalue weighted by Crippen LogP contribution is -2.45. The Hall–Kier alpha value is -0.870. The van der Waals surface area contributed by atoms with E-state index in [2.05, 4.69) is 5.32 Å². The van der Waals surface area contributed by atoms with E-state index in [4.69, 9.17) is 5.73 Å². The zero-order valence-corrected chi connectivity index (χ0v) is 9.36. The molecule has 1 rings (SSSR count). The van der Waals surface area contributed by atoms with Gasteiger partial charge in [0.25, 0.3) is 0 Å². The molecule has 0 aromatic carbocycles. The summed E-state index contributed by atoms with van der Waals surface area (Å²) in [6.45, 7) is 4.29. The maximum absolute atomic E-state index is 11.4. The predicted molar refractivity (Wildman–Crippen MR) is 59.3 cm³/mol. The minimum atomic E-state index is -0.342. The summed E-state index contributed by atoms with van der Waals surface area (Å²) in [6, 6.07) is 3.90. The summed E-state index contributed by atoms with van der Waals surface area (Å²) in [5.74, 6) is 0.0333. The van der Waals surface area contributed by atoms with Crippen molar-refractivity contribution < 1.29 is 4.79 Å². The number of carbonyl (C=O) groups excluding carboxylic acids is 1. The van der Waals surface area contributed by atoms with Gasteiger partial charge in [-0.25, -0.2) is 0 Å². The molecule has 1 aromatic heterocycles. The number of hydrogen-bond donors (Lipinski definition) is 2. The van der Waals surface area contributed by atoms with Crippen molar-refractivity contribution in [3.63, 3.8) is 0 Å². The first-order valence-electron chi connectivity index (χ1n) is 4.55. The minimum absolute atomic E-state index is 0.0333. The highest BCUT2D eigenvalue weighted by Crippen LogP contribution is 2.08. The van der Waals surface area contributed by atoms with Gasteiger partial charge in [0.05, 0.1) is 6.42 Å². The maximum Gasteiger partial charge on any atom is 0.225 e. The summed E-state index contributed by atoms with van der Waals surface area (Å²) in [5, 5.41) is 4.77. The molecule has 0 spiro atoms. The average Bonchev–Trinajstić information content (AvgIpc) is 2.52. The molecule has 14 heavy (non-hydrogen) atoms. The van der Waals surface area contributed by atoms with E-state index in [1.807, 2.05) is 31.4 Å². The van der Waals surface area contributed by atoms with E-state index in [-0.39, 0.29) is 11.4 Å². The second-order valence-electron chi connectivity index (χ2n) is 4.02. The van der Waals surface area contributed by atoms with Gasteiger partial charge in [-0.3, -0.25) is 4.79 Å². The van der Waals surface area contributed by atoms with Crippen LogP contribution < -0.4 is 11.1 Å². The van der Waals surface area contributed by atoms with Gasteiger partial charge in [-0.2, -0.15) is 0 Å². The molecule has 0 aliphatic carbocycles. The first-order valence-corrected chi connectivity index (χ1v) is 5.43. The number of nitrogens with one attached hydrogen (secondary N) is 1. The van der Waals surface area contributed by atoms with Gasteiger partial charge in [0.2, 0.25) is 5.91 Å². The SMILES string of the molecule is CC(C)(N)CNC(=O)Cc1cccs1. The Balaban J connectivity index is 2.30. The molecule has 4 heteroatoms. The molecular weight excluding hydrogens is 196 g/mol. The lowest BCUT2D eigenvalue weighted by molar-refractivity contribution is -0.120. The summed E-state index contributed by atoms with van der Waals surface area (Å²) in [5.41, 5.74) is 5.40. The van der Waals surface area contributed by atoms with Crippen molar-refractivity contribution >= 4 is 17.2 Å². The second-order valence-corrected chi connectivity index (χ2v) is 5.05. The number of nitrogens with two attached hydrogens (primary N) is 1. The quantitative estimate of drug-likeness (QED) is 0.786. The van der Waals surface area contributed by atoms with Crippen LogP contribution in [-0.4, -0.2) is 18.0 Å². The van der Waals surface area contributed by atoms with Crippen molar-refractivity contribution in [1.29, 1.82) is 0 Å². The summed E-state index contributed by atoms with van der Waals surface area (Å²) < 4.78 is 0. The summed E-state index contributed by atoms with van der Waals surface area (Å²) in [4.78, 5) is 12.5. The average molecular weight is 212 g/mol. The molecule has 0 bridgehead atoms. The van der Waals surface area contributed by atoms with Crippen molar-refractivity contribution in [2.24, 2.45) is 5.73 Å². The van der Waals surface area contributed by atoms with Crippen LogP contribution in [0.5, 0.6) is 0 Å². The minimum Gasteiger partial charge on any atom is -0.354 e. The molecule has 1 aromatic rings. The standard InChI is InChI=1S/C10H16N2OS/c1-10(2,11)7-12-9(13)6-8-4-3-5-14-8/h3-5H,6-7,11H2,1-2H3,(H,12,13). The third kappa shape index (κ3) is 4.39. The summed E-state index contributed by atoms with van der Waals surface area (Å²) in [7, 11) is 0. The Morgan fingerprint density at radius 3 is 2.86 bits per heavy atom. The normalized spacial score (nSPS) is 11.4. The Bertz CT molecular complexity index is 288. The van der Waals surface area contributed by atoms with Gasteiger partial charge in [-0.1, -0.05) is 6.07 Å². The zero-order valence-electron chi connectivity index (χ0n) is 8.54. The van der Waals surface area contributed by atoms with Crippen molar-refractivity contribution in [1.82, 2.24) is 5.32 Å². The molecule has 1 heterocycles. The monoisotopic (exact) mass is 212 g/mol. The highest BCUT2D eigenvalue weighted by molar-refractivity contribution is 7.10. The van der Waals surface area contributed by atoms with E-state index in [9.17, 15) is 4.79 Å². The Labute approximate surface area is 88.3 Å². The van der Waals surface area contributed by atoms with Crippen molar-refractivity contribution in [2.75, 3.05) is 6.54 Å². The molecule has 0 saturated carbocycles. The summed E-state index contributed by atoms with van der Waals surface area (Å²) >= 11 is 1.59. The molecule has 0 saturated heterocycles. The molecule has 78 valence electrons. The molecular formula is C10H16N2OS. The number of rotatable bonds is 4. The fourth-order valence-electron chi connectivity index (χ4n) is 0.960. The van der Waals surface area contributed by atoms with Gasteiger partial charge in [-0.05, 0) is 25.3 Å². The van der Waals surface area contributed by atoms with E-state index in [1.165, 1.54) is 0 Å². The number of amides is 1. The topological polar surface area (TPSA) is 55.1 Å². The zero-order chi connectivity index (χ0) is 10.6. The molecule has 0 fully saturated rings. The molecule has 0 aliphatic heterocycles. The van der Waals surface area contributed by atoms with E-state index in [0.717, 1.165) is 4.88 Å². The van der Waals surface area contributed by atoms with Gasteiger partial charge >= 0.3 is 0 Å². The van der Waals surface area contributed by atoms with E-state index in [0.29, 0.717) is 13.0 Å². The Morgan fingerprint density at radius 1 is 1.64 bits per heavy atom. The number of carbonyl (C=O) groups is 1. The van der Waals surface area contributed by atoms with Crippen LogP contribution in [0.2, 0.25) is 0 Å². The van der Waals surface area contributed by atoms with Crippen LogP contribution in [0, 0.1) is 0 Å². The number of hydrogen-bond acceptors (Lipinski definition) is 3. The highest BCUT2D eigenvalue weighted by atomic mass is 32.1. The largest absolute Gasteiger partial charge is 0.354 e. The number of thiophene rings is 1. The van der Waals surface area contributed by atoms with E-state index >= 15 is 0 Å². The van der Waals surface area contributed by atoms with Crippen LogP contribution in [0.15, 0.2) is 17.5 Å². The predicted octanol–water partition coefficient (Wildman–Crippen LogP) is 1.14. The molecule has 0 aliphatic rings. The van der Waals surface area contributed by atoms with Crippen molar-refractivity contribution in [3.05, 3.63) is 22.4 Å². The lowest BCUT2D eigenvalue weighted by Gasteiger charge is -2.18. The van der Waals surface area contributed by atoms with Gasteiger partial charge in [0.1, 0.15) is 0 Å². The van der Waals surface area contributed by atoms with Crippen LogP contribution in [0.25, 0.3) is 0 Å². The summed E-state index contributed by atoms with van der Waals surface area (Å²) in [6.07, 6.45) is 0.452. The van der Waals surface area contributed by atoms with Crippen LogP contribution in [0.4, 0.5) is 0 Å². The highest BCUT2D eigenvalue weighted by Gasteiger charge is 2.12. The third-order valence-corrected chi connectivity index (χ3v) is 2.53. The molecule has 0 atom stereocenters. The van der Waals surface area contributed by atoms with Gasteiger partial charge < -0.3 is 11.1 Å². The third-order valence-electron chi connectivity index (χ3n) is 1.66. The van der Waals surface area contributed by atoms with Crippen LogP contribution in [0.1, 0.15) is 18.7 Å². The van der Waals surface area contributed by atoms with Gasteiger partial charge in [0, 0.05) is 17.0 Å². The van der Waals surface area contributed by atoms with Crippen molar-refractivity contribution in [3.8, 4) is 0 Å². The fraction of sp³-hybridized carbons (Fsp3) is 0.500. The van der Waals surface area contributed by atoms with Crippen LogP contribution in [0.3, 0.4) is 0 Å². The molecule has 0 radical (unpaired) electrons. The molecule has 3 N–H and O–H groups in total.